The molecule has 6 nitrogen and oxygen atoms in total. The number of ether oxygens (including phenoxy) is 2. The molecule has 0 unspecified atom stereocenters. The molecular formula is C16H18FN3O3. The van der Waals surface area contributed by atoms with E-state index in [1.807, 2.05) is 0 Å². The van der Waals surface area contributed by atoms with Gasteiger partial charge in [0.1, 0.15) is 0 Å². The second-order valence-electron chi connectivity index (χ2n) is 4.85. The van der Waals surface area contributed by atoms with Crippen molar-refractivity contribution in [2.45, 2.75) is 20.3 Å². The SMILES string of the molecule is CCOC(=O)Cc1c(-c2c(N)cc(C)nc2F)ccnc1OC. The van der Waals surface area contributed by atoms with Gasteiger partial charge >= 0.3 is 5.97 Å². The number of nitrogens with two attached hydrogens (primary N) is 1. The van der Waals surface area contributed by atoms with Crippen molar-refractivity contribution in [3.63, 3.8) is 0 Å². The number of carbonyl (C=O) groups excluding carboxylic acids is 1. The highest BCUT2D eigenvalue weighted by Crippen LogP contribution is 2.34. The van der Waals surface area contributed by atoms with E-state index in [1.54, 1.807) is 26.0 Å². The van der Waals surface area contributed by atoms with E-state index >= 15 is 0 Å². The average Bonchev–Trinajstić information content (AvgIpc) is 2.47. The fraction of sp³-hybridized carbons (Fsp3) is 0.312. The molecule has 0 saturated heterocycles. The first kappa shape index (κ1) is 16.7. The van der Waals surface area contributed by atoms with Crippen LogP contribution in [0.2, 0.25) is 0 Å². The summed E-state index contributed by atoms with van der Waals surface area (Å²) in [6.45, 7) is 3.61. The van der Waals surface area contributed by atoms with Crippen LogP contribution < -0.4 is 10.5 Å². The molecule has 2 N–H and O–H groups in total. The Morgan fingerprint density at radius 3 is 2.78 bits per heavy atom. The molecule has 0 spiro atoms. The van der Waals surface area contributed by atoms with E-state index in [2.05, 4.69) is 9.97 Å². The zero-order chi connectivity index (χ0) is 17.0. The first-order valence-electron chi connectivity index (χ1n) is 7.08. The topological polar surface area (TPSA) is 87.3 Å². The molecule has 0 bridgehead atoms. The highest BCUT2D eigenvalue weighted by atomic mass is 19.1. The quantitative estimate of drug-likeness (QED) is 0.672. The number of hydrogen-bond donors (Lipinski definition) is 1. The van der Waals surface area contributed by atoms with Crippen molar-refractivity contribution in [3.8, 4) is 17.0 Å². The molecule has 0 aliphatic rings. The van der Waals surface area contributed by atoms with E-state index in [4.69, 9.17) is 15.2 Å². The van der Waals surface area contributed by atoms with Crippen molar-refractivity contribution in [3.05, 3.63) is 35.5 Å². The monoisotopic (exact) mass is 319 g/mol. The number of hydrogen-bond acceptors (Lipinski definition) is 6. The summed E-state index contributed by atoms with van der Waals surface area (Å²) in [7, 11) is 1.42. The Kier molecular flexibility index (Phi) is 5.10. The molecule has 2 aromatic heterocycles. The van der Waals surface area contributed by atoms with Crippen LogP contribution in [0.3, 0.4) is 0 Å². The summed E-state index contributed by atoms with van der Waals surface area (Å²) in [4.78, 5) is 19.7. The number of nitrogen functional groups attached to an aromatic ring is 1. The zero-order valence-electron chi connectivity index (χ0n) is 13.2. The van der Waals surface area contributed by atoms with Gasteiger partial charge in [-0.25, -0.2) is 9.97 Å². The average molecular weight is 319 g/mol. The van der Waals surface area contributed by atoms with E-state index in [0.29, 0.717) is 16.8 Å². The summed E-state index contributed by atoms with van der Waals surface area (Å²) in [6, 6.07) is 3.14. The van der Waals surface area contributed by atoms with Gasteiger partial charge in [0.2, 0.25) is 11.8 Å². The maximum atomic E-state index is 14.3. The van der Waals surface area contributed by atoms with Crippen molar-refractivity contribution in [2.75, 3.05) is 19.5 Å². The number of pyridine rings is 2. The number of nitrogens with zero attached hydrogens (tertiary/aromatic N) is 2. The second kappa shape index (κ2) is 7.04. The van der Waals surface area contributed by atoms with E-state index in [1.165, 1.54) is 13.3 Å². The standard InChI is InChI=1S/C16H18FN3O3/c1-4-23-13(21)8-11-10(5-6-19-16(11)22-3)14-12(18)7-9(2)20-15(14)17/h5-7H,4,8H2,1-3H3,(H2,18,20). The van der Waals surface area contributed by atoms with Crippen LogP contribution in [0, 0.1) is 12.9 Å². The number of aryl methyl sites for hydroxylation is 1. The molecule has 0 aromatic carbocycles. The normalized spacial score (nSPS) is 10.4. The molecule has 0 radical (unpaired) electrons. The molecule has 0 atom stereocenters. The molecule has 2 aromatic rings. The van der Waals surface area contributed by atoms with Crippen LogP contribution in [0.4, 0.5) is 10.1 Å². The van der Waals surface area contributed by atoms with Gasteiger partial charge in [-0.05, 0) is 31.5 Å². The molecule has 0 aliphatic carbocycles. The highest BCUT2D eigenvalue weighted by Gasteiger charge is 2.21. The van der Waals surface area contributed by atoms with Gasteiger partial charge in [0, 0.05) is 23.1 Å². The Labute approximate surface area is 133 Å². The number of esters is 1. The third-order valence-electron chi connectivity index (χ3n) is 3.24. The molecule has 122 valence electrons. The summed E-state index contributed by atoms with van der Waals surface area (Å²) in [6.07, 6.45) is 1.36. The molecule has 23 heavy (non-hydrogen) atoms. The van der Waals surface area contributed by atoms with E-state index < -0.39 is 11.9 Å². The van der Waals surface area contributed by atoms with Gasteiger partial charge in [-0.1, -0.05) is 0 Å². The molecule has 2 rings (SSSR count). The van der Waals surface area contributed by atoms with Crippen LogP contribution in [0.25, 0.3) is 11.1 Å². The summed E-state index contributed by atoms with van der Waals surface area (Å²) in [5, 5.41) is 0. The number of rotatable bonds is 5. The first-order chi connectivity index (χ1) is 11.0. The highest BCUT2D eigenvalue weighted by molar-refractivity contribution is 5.83. The van der Waals surface area contributed by atoms with Crippen LogP contribution in [-0.2, 0) is 16.0 Å². The van der Waals surface area contributed by atoms with Crippen LogP contribution in [0.5, 0.6) is 5.88 Å². The van der Waals surface area contributed by atoms with Crippen molar-refractivity contribution < 1.29 is 18.7 Å². The second-order valence-corrected chi connectivity index (χ2v) is 4.85. The fourth-order valence-corrected chi connectivity index (χ4v) is 2.34. The Morgan fingerprint density at radius 1 is 1.43 bits per heavy atom. The zero-order valence-corrected chi connectivity index (χ0v) is 13.2. The van der Waals surface area contributed by atoms with E-state index in [9.17, 15) is 9.18 Å². The first-order valence-corrected chi connectivity index (χ1v) is 7.08. The van der Waals surface area contributed by atoms with Gasteiger partial charge in [-0.2, -0.15) is 4.39 Å². The van der Waals surface area contributed by atoms with Crippen LogP contribution in [-0.4, -0.2) is 29.7 Å². The maximum Gasteiger partial charge on any atom is 0.310 e. The lowest BCUT2D eigenvalue weighted by Gasteiger charge is -2.15. The van der Waals surface area contributed by atoms with Crippen LogP contribution >= 0.6 is 0 Å². The van der Waals surface area contributed by atoms with Gasteiger partial charge < -0.3 is 15.2 Å². The largest absolute Gasteiger partial charge is 0.481 e. The number of aromatic nitrogens is 2. The van der Waals surface area contributed by atoms with Gasteiger partial charge in [0.15, 0.2) is 0 Å². The molecular weight excluding hydrogens is 301 g/mol. The van der Waals surface area contributed by atoms with Crippen molar-refractivity contribution in [2.24, 2.45) is 0 Å². The van der Waals surface area contributed by atoms with Crippen molar-refractivity contribution in [1.29, 1.82) is 0 Å². The van der Waals surface area contributed by atoms with Gasteiger partial charge in [0.25, 0.3) is 0 Å². The summed E-state index contributed by atoms with van der Waals surface area (Å²) in [5.74, 6) is -0.949. The minimum absolute atomic E-state index is 0.104. The molecule has 0 fully saturated rings. The Balaban J connectivity index is 2.61. The maximum absolute atomic E-state index is 14.3. The summed E-state index contributed by atoms with van der Waals surface area (Å²) in [5.41, 5.74) is 7.58. The molecule has 0 saturated carbocycles. The lowest BCUT2D eigenvalue weighted by molar-refractivity contribution is -0.142. The predicted octanol–water partition coefficient (Wildman–Crippen LogP) is 2.29. The molecule has 2 heterocycles. The van der Waals surface area contributed by atoms with Gasteiger partial charge in [-0.3, -0.25) is 4.79 Å². The van der Waals surface area contributed by atoms with E-state index in [-0.39, 0.29) is 30.2 Å². The lowest BCUT2D eigenvalue weighted by Crippen LogP contribution is -2.11. The van der Waals surface area contributed by atoms with Crippen LogP contribution in [0.1, 0.15) is 18.2 Å². The Morgan fingerprint density at radius 2 is 2.17 bits per heavy atom. The minimum atomic E-state index is -0.708. The summed E-state index contributed by atoms with van der Waals surface area (Å²) >= 11 is 0. The number of methoxy groups -OCH3 is 1. The molecule has 0 amide bonds. The van der Waals surface area contributed by atoms with Gasteiger partial charge in [-0.15, -0.1) is 0 Å². The predicted molar refractivity (Wildman–Crippen MR) is 83.5 cm³/mol. The lowest BCUT2D eigenvalue weighted by atomic mass is 9.98. The Bertz CT molecular complexity index is 712. The van der Waals surface area contributed by atoms with Crippen molar-refractivity contribution >= 4 is 11.7 Å². The van der Waals surface area contributed by atoms with Crippen LogP contribution in [0.15, 0.2) is 18.3 Å². The fourth-order valence-electron chi connectivity index (χ4n) is 2.34. The molecule has 0 aliphatic heterocycles. The van der Waals surface area contributed by atoms with Gasteiger partial charge in [0.05, 0.1) is 25.7 Å². The smallest absolute Gasteiger partial charge is 0.310 e. The minimum Gasteiger partial charge on any atom is -0.481 e. The number of carbonyl (C=O) groups is 1. The third kappa shape index (κ3) is 3.56. The number of anilines is 1. The third-order valence-corrected chi connectivity index (χ3v) is 3.24. The van der Waals surface area contributed by atoms with E-state index in [0.717, 1.165) is 0 Å². The Hall–Kier alpha value is -2.70. The molecule has 7 heteroatoms. The number of halogens is 1. The van der Waals surface area contributed by atoms with Crippen molar-refractivity contribution in [1.82, 2.24) is 9.97 Å². The summed E-state index contributed by atoms with van der Waals surface area (Å²) < 4.78 is 24.5.